The monoisotopic (exact) mass is 291 g/mol. The standard InChI is InChI=1S/C14H14ClN3O2/c1-3-7-18-10-12(15)5-6-13(18)17-9-11(8-16)14(19)20-4-2/h3,5-6,9-10H,1,4,7H2,2H3. The van der Waals surface area contributed by atoms with E-state index in [1.807, 2.05) is 0 Å². The molecular weight excluding hydrogens is 278 g/mol. The van der Waals surface area contributed by atoms with Gasteiger partial charge in [0.05, 0.1) is 17.8 Å². The average molecular weight is 292 g/mol. The fourth-order valence-electron chi connectivity index (χ4n) is 1.38. The minimum Gasteiger partial charge on any atom is -0.462 e. The Bertz CT molecular complexity index is 639. The second-order valence-electron chi connectivity index (χ2n) is 3.65. The van der Waals surface area contributed by atoms with Crippen LogP contribution in [-0.2, 0) is 16.1 Å². The normalized spacial score (nSPS) is 11.8. The molecular formula is C14H14ClN3O2. The molecule has 0 aliphatic heterocycles. The number of hydrogen-bond donors (Lipinski definition) is 0. The summed E-state index contributed by atoms with van der Waals surface area (Å²) in [5.74, 6) is -0.692. The molecule has 0 saturated heterocycles. The fraction of sp³-hybridized carbons (Fsp3) is 0.214. The van der Waals surface area contributed by atoms with Crippen molar-refractivity contribution >= 4 is 17.6 Å². The third kappa shape index (κ3) is 4.41. The molecule has 0 aromatic carbocycles. The number of esters is 1. The van der Waals surface area contributed by atoms with Crippen molar-refractivity contribution in [1.82, 2.24) is 4.57 Å². The second kappa shape index (κ2) is 7.97. The van der Waals surface area contributed by atoms with Gasteiger partial charge in [0.25, 0.3) is 0 Å². The Labute approximate surface area is 122 Å². The molecule has 1 rings (SSSR count). The zero-order valence-corrected chi connectivity index (χ0v) is 11.8. The van der Waals surface area contributed by atoms with Crippen LogP contribution in [0.2, 0.25) is 5.02 Å². The van der Waals surface area contributed by atoms with Gasteiger partial charge in [-0.3, -0.25) is 0 Å². The number of pyridine rings is 1. The van der Waals surface area contributed by atoms with Crippen LogP contribution >= 0.6 is 11.6 Å². The smallest absolute Gasteiger partial charge is 0.350 e. The molecule has 0 spiro atoms. The molecule has 0 fully saturated rings. The molecule has 0 aliphatic carbocycles. The maximum absolute atomic E-state index is 11.4. The van der Waals surface area contributed by atoms with Crippen molar-refractivity contribution in [1.29, 1.82) is 5.26 Å². The van der Waals surface area contributed by atoms with E-state index in [-0.39, 0.29) is 12.2 Å². The maximum atomic E-state index is 11.4. The van der Waals surface area contributed by atoms with E-state index < -0.39 is 5.97 Å². The molecule has 0 aliphatic rings. The summed E-state index contributed by atoms with van der Waals surface area (Å²) in [6.07, 6.45) is 4.56. The van der Waals surface area contributed by atoms with Crippen LogP contribution in [0.25, 0.3) is 0 Å². The molecule has 1 aromatic rings. The molecule has 0 saturated carbocycles. The van der Waals surface area contributed by atoms with E-state index >= 15 is 0 Å². The van der Waals surface area contributed by atoms with Gasteiger partial charge >= 0.3 is 5.97 Å². The predicted molar refractivity (Wildman–Crippen MR) is 75.5 cm³/mol. The Hall–Kier alpha value is -2.32. The zero-order valence-electron chi connectivity index (χ0n) is 11.0. The number of carbonyl (C=O) groups excluding carboxylic acids is 1. The van der Waals surface area contributed by atoms with Gasteiger partial charge < -0.3 is 9.30 Å². The lowest BCUT2D eigenvalue weighted by atomic mass is 10.3. The summed E-state index contributed by atoms with van der Waals surface area (Å²) in [4.78, 5) is 15.6. The summed E-state index contributed by atoms with van der Waals surface area (Å²) in [6.45, 7) is 6.02. The van der Waals surface area contributed by atoms with Crippen LogP contribution in [0.5, 0.6) is 0 Å². The highest BCUT2D eigenvalue weighted by molar-refractivity contribution is 6.30. The molecule has 0 radical (unpaired) electrons. The first-order chi connectivity index (χ1) is 9.62. The number of aromatic nitrogens is 1. The number of allylic oxidation sites excluding steroid dienone is 1. The maximum Gasteiger partial charge on any atom is 0.350 e. The summed E-state index contributed by atoms with van der Waals surface area (Å²) < 4.78 is 6.49. The van der Waals surface area contributed by atoms with E-state index in [0.717, 1.165) is 0 Å². The van der Waals surface area contributed by atoms with Gasteiger partial charge in [-0.25, -0.2) is 9.79 Å². The van der Waals surface area contributed by atoms with Gasteiger partial charge in [0.15, 0.2) is 5.57 Å². The van der Waals surface area contributed by atoms with Crippen molar-refractivity contribution in [3.8, 4) is 6.07 Å². The van der Waals surface area contributed by atoms with Gasteiger partial charge in [0, 0.05) is 12.7 Å². The Kier molecular flexibility index (Phi) is 6.27. The van der Waals surface area contributed by atoms with E-state index in [1.54, 1.807) is 42.0 Å². The first kappa shape index (κ1) is 15.7. The van der Waals surface area contributed by atoms with Gasteiger partial charge in [-0.15, -0.1) is 6.58 Å². The molecule has 5 nitrogen and oxygen atoms in total. The average Bonchev–Trinajstić information content (AvgIpc) is 2.42. The van der Waals surface area contributed by atoms with E-state index in [0.29, 0.717) is 17.1 Å². The van der Waals surface area contributed by atoms with E-state index in [9.17, 15) is 4.79 Å². The van der Waals surface area contributed by atoms with Crippen molar-refractivity contribution in [3.63, 3.8) is 0 Å². The molecule has 1 aromatic heterocycles. The van der Waals surface area contributed by atoms with E-state index in [1.165, 1.54) is 6.20 Å². The topological polar surface area (TPSA) is 67.4 Å². The molecule has 20 heavy (non-hydrogen) atoms. The summed E-state index contributed by atoms with van der Waals surface area (Å²) in [7, 11) is 0. The van der Waals surface area contributed by atoms with Crippen LogP contribution in [0.3, 0.4) is 0 Å². The largest absolute Gasteiger partial charge is 0.462 e. The fourth-order valence-corrected chi connectivity index (χ4v) is 1.56. The first-order valence-corrected chi connectivity index (χ1v) is 6.28. The Morgan fingerprint density at radius 1 is 1.65 bits per heavy atom. The molecule has 0 bridgehead atoms. The van der Waals surface area contributed by atoms with Crippen molar-refractivity contribution < 1.29 is 9.53 Å². The number of hydrogen-bond acceptors (Lipinski definition) is 4. The van der Waals surface area contributed by atoms with Crippen LogP contribution in [0, 0.1) is 11.3 Å². The van der Waals surface area contributed by atoms with E-state index in [4.69, 9.17) is 21.6 Å². The van der Waals surface area contributed by atoms with Gasteiger partial charge in [-0.2, -0.15) is 5.26 Å². The van der Waals surface area contributed by atoms with Crippen LogP contribution in [0.15, 0.2) is 47.7 Å². The zero-order chi connectivity index (χ0) is 15.0. The number of nitrogens with zero attached hydrogens (tertiary/aromatic N) is 3. The lowest BCUT2D eigenvalue weighted by Gasteiger charge is -2.04. The minimum absolute atomic E-state index is 0.160. The van der Waals surface area contributed by atoms with Gasteiger partial charge in [0.2, 0.25) is 0 Å². The summed E-state index contributed by atoms with van der Waals surface area (Å²) in [5, 5.41) is 9.45. The molecule has 0 amide bonds. The summed E-state index contributed by atoms with van der Waals surface area (Å²) in [6, 6.07) is 5.11. The van der Waals surface area contributed by atoms with Crippen molar-refractivity contribution in [2.75, 3.05) is 6.61 Å². The number of carbonyl (C=O) groups is 1. The quantitative estimate of drug-likeness (QED) is 0.361. The Balaban J connectivity index is 3.19. The Morgan fingerprint density at radius 2 is 2.40 bits per heavy atom. The number of halogens is 1. The highest BCUT2D eigenvalue weighted by atomic mass is 35.5. The lowest BCUT2D eigenvalue weighted by molar-refractivity contribution is -0.138. The lowest BCUT2D eigenvalue weighted by Crippen LogP contribution is -2.19. The Morgan fingerprint density at radius 3 is 3.00 bits per heavy atom. The van der Waals surface area contributed by atoms with Crippen molar-refractivity contribution in [2.45, 2.75) is 13.5 Å². The van der Waals surface area contributed by atoms with Crippen LogP contribution < -0.4 is 5.49 Å². The third-order valence-corrected chi connectivity index (χ3v) is 2.46. The SMILES string of the molecule is C=CCn1cc(Cl)ccc1=NC=C(C#N)C(=O)OCC. The molecule has 0 atom stereocenters. The number of nitriles is 1. The van der Waals surface area contributed by atoms with Gasteiger partial charge in [0.1, 0.15) is 11.6 Å². The highest BCUT2D eigenvalue weighted by Crippen LogP contribution is 2.03. The molecule has 104 valence electrons. The highest BCUT2D eigenvalue weighted by Gasteiger charge is 2.08. The molecule has 6 heteroatoms. The van der Waals surface area contributed by atoms with Crippen LogP contribution in [0.4, 0.5) is 0 Å². The second-order valence-corrected chi connectivity index (χ2v) is 4.09. The van der Waals surface area contributed by atoms with Crippen LogP contribution in [-0.4, -0.2) is 17.1 Å². The summed E-state index contributed by atoms with van der Waals surface area (Å²) >= 11 is 5.90. The first-order valence-electron chi connectivity index (χ1n) is 5.90. The van der Waals surface area contributed by atoms with Crippen LogP contribution in [0.1, 0.15) is 6.92 Å². The van der Waals surface area contributed by atoms with Crippen molar-refractivity contribution in [3.05, 3.63) is 53.3 Å². The molecule has 0 unspecified atom stereocenters. The third-order valence-electron chi connectivity index (χ3n) is 2.23. The molecule has 0 N–H and O–H groups in total. The van der Waals surface area contributed by atoms with Crippen molar-refractivity contribution in [2.24, 2.45) is 4.99 Å². The summed E-state index contributed by atoms with van der Waals surface area (Å²) in [5.41, 5.74) is 0.387. The minimum atomic E-state index is -0.692. The number of ether oxygens (including phenoxy) is 1. The number of rotatable bonds is 5. The molecule has 1 heterocycles. The van der Waals surface area contributed by atoms with Gasteiger partial charge in [-0.1, -0.05) is 17.7 Å². The predicted octanol–water partition coefficient (Wildman–Crippen LogP) is 2.20. The van der Waals surface area contributed by atoms with E-state index in [2.05, 4.69) is 11.6 Å². The van der Waals surface area contributed by atoms with Gasteiger partial charge in [-0.05, 0) is 19.1 Å².